The second-order valence-electron chi connectivity index (χ2n) is 2.77. The molecule has 0 aliphatic heterocycles. The third-order valence-corrected chi connectivity index (χ3v) is 2.22. The van der Waals surface area contributed by atoms with Crippen LogP contribution in [-0.4, -0.2) is 5.75 Å². The molecule has 0 saturated carbocycles. The van der Waals surface area contributed by atoms with Crippen molar-refractivity contribution in [3.8, 4) is 0 Å². The van der Waals surface area contributed by atoms with Crippen molar-refractivity contribution in [3.05, 3.63) is 34.3 Å². The van der Waals surface area contributed by atoms with Crippen LogP contribution in [0.25, 0.3) is 0 Å². The molecular weight excluding hydrogens is 233 g/mol. The van der Waals surface area contributed by atoms with Crippen LogP contribution in [0.5, 0.6) is 0 Å². The van der Waals surface area contributed by atoms with Crippen LogP contribution in [0.15, 0.2) is 18.2 Å². The summed E-state index contributed by atoms with van der Waals surface area (Å²) in [6.45, 7) is 0. The lowest BCUT2D eigenvalue weighted by atomic mass is 10.1. The molecule has 1 rings (SSSR count). The molecule has 0 aromatic heterocycles. The van der Waals surface area contributed by atoms with Crippen molar-refractivity contribution in [1.82, 2.24) is 0 Å². The second-order valence-corrected chi connectivity index (χ2v) is 3.66. The molecule has 0 N–H and O–H groups in total. The second kappa shape index (κ2) is 4.45. The van der Waals surface area contributed by atoms with Crippen LogP contribution >= 0.6 is 24.2 Å². The van der Waals surface area contributed by atoms with Crippen molar-refractivity contribution in [2.75, 3.05) is 5.75 Å². The summed E-state index contributed by atoms with van der Waals surface area (Å²) in [5.74, 6) is 0.380. The number of rotatable bonds is 2. The Balaban J connectivity index is 3.16. The number of hydrogen-bond donors (Lipinski definition) is 1. The lowest BCUT2D eigenvalue weighted by Crippen LogP contribution is -2.09. The first-order valence-electron chi connectivity index (χ1n) is 3.91. The van der Waals surface area contributed by atoms with Gasteiger partial charge in [-0.3, -0.25) is 0 Å². The molecule has 0 amide bonds. The van der Waals surface area contributed by atoms with Crippen LogP contribution in [-0.2, 0) is 12.6 Å². The molecule has 1 aromatic rings. The molecule has 0 unspecified atom stereocenters. The van der Waals surface area contributed by atoms with E-state index in [0.717, 1.165) is 6.07 Å². The van der Waals surface area contributed by atoms with Gasteiger partial charge in [-0.2, -0.15) is 25.8 Å². The van der Waals surface area contributed by atoms with Gasteiger partial charge in [-0.25, -0.2) is 0 Å². The SMILES string of the molecule is FC(F)(F)c1cc(Cl)ccc1CCS. The monoisotopic (exact) mass is 240 g/mol. The van der Waals surface area contributed by atoms with Crippen LogP contribution < -0.4 is 0 Å². The molecule has 0 radical (unpaired) electrons. The molecule has 78 valence electrons. The number of benzene rings is 1. The van der Waals surface area contributed by atoms with Crippen LogP contribution in [0.1, 0.15) is 11.1 Å². The summed E-state index contributed by atoms with van der Waals surface area (Å²) in [6, 6.07) is 3.79. The molecule has 0 bridgehead atoms. The van der Waals surface area contributed by atoms with Gasteiger partial charge in [-0.05, 0) is 29.9 Å². The molecule has 0 heterocycles. The van der Waals surface area contributed by atoms with E-state index in [2.05, 4.69) is 12.6 Å². The predicted octanol–water partition coefficient (Wildman–Crippen LogP) is 3.83. The van der Waals surface area contributed by atoms with E-state index < -0.39 is 11.7 Å². The maximum Gasteiger partial charge on any atom is 0.416 e. The molecule has 0 saturated heterocycles. The van der Waals surface area contributed by atoms with Crippen molar-refractivity contribution in [3.63, 3.8) is 0 Å². The summed E-state index contributed by atoms with van der Waals surface area (Å²) in [6.07, 6.45) is -4.06. The van der Waals surface area contributed by atoms with Crippen LogP contribution in [0.2, 0.25) is 5.02 Å². The Morgan fingerprint density at radius 2 is 1.93 bits per heavy atom. The van der Waals surface area contributed by atoms with Crippen molar-refractivity contribution >= 4 is 24.2 Å². The van der Waals surface area contributed by atoms with E-state index in [1.54, 1.807) is 0 Å². The molecule has 0 fully saturated rings. The van der Waals surface area contributed by atoms with Gasteiger partial charge in [0.1, 0.15) is 0 Å². The van der Waals surface area contributed by atoms with Crippen molar-refractivity contribution in [2.45, 2.75) is 12.6 Å². The number of hydrogen-bond acceptors (Lipinski definition) is 1. The molecule has 0 nitrogen and oxygen atoms in total. The molecule has 0 aliphatic carbocycles. The van der Waals surface area contributed by atoms with Gasteiger partial charge in [0.05, 0.1) is 5.56 Å². The van der Waals surface area contributed by atoms with E-state index in [0.29, 0.717) is 5.75 Å². The Morgan fingerprint density at radius 3 is 2.43 bits per heavy atom. The summed E-state index contributed by atoms with van der Waals surface area (Å²) >= 11 is 9.40. The fourth-order valence-corrected chi connectivity index (χ4v) is 1.56. The van der Waals surface area contributed by atoms with Gasteiger partial charge in [-0.15, -0.1) is 0 Å². The summed E-state index contributed by atoms with van der Waals surface area (Å²) in [5.41, 5.74) is -0.434. The van der Waals surface area contributed by atoms with E-state index in [4.69, 9.17) is 11.6 Å². The van der Waals surface area contributed by atoms with E-state index >= 15 is 0 Å². The first-order chi connectivity index (χ1) is 6.45. The maximum absolute atomic E-state index is 12.5. The van der Waals surface area contributed by atoms with Gasteiger partial charge in [0.25, 0.3) is 0 Å². The van der Waals surface area contributed by atoms with Gasteiger partial charge in [0.2, 0.25) is 0 Å². The summed E-state index contributed by atoms with van der Waals surface area (Å²) in [7, 11) is 0. The minimum Gasteiger partial charge on any atom is -0.179 e. The summed E-state index contributed by atoms with van der Waals surface area (Å²) in [5, 5.41) is 0.0974. The molecule has 14 heavy (non-hydrogen) atoms. The lowest BCUT2D eigenvalue weighted by molar-refractivity contribution is -0.138. The molecule has 0 spiro atoms. The zero-order valence-electron chi connectivity index (χ0n) is 7.11. The number of thiol groups is 1. The highest BCUT2D eigenvalue weighted by Crippen LogP contribution is 2.33. The predicted molar refractivity (Wildman–Crippen MR) is 54.0 cm³/mol. The average molecular weight is 241 g/mol. The number of alkyl halides is 3. The van der Waals surface area contributed by atoms with Crippen molar-refractivity contribution in [1.29, 1.82) is 0 Å². The Bertz CT molecular complexity index is 322. The zero-order chi connectivity index (χ0) is 10.8. The highest BCUT2D eigenvalue weighted by atomic mass is 35.5. The Labute approximate surface area is 90.5 Å². The minimum absolute atomic E-state index is 0.0974. The number of halogens is 4. The largest absolute Gasteiger partial charge is 0.416 e. The molecular formula is C9H8ClF3S. The molecule has 1 aromatic carbocycles. The zero-order valence-corrected chi connectivity index (χ0v) is 8.76. The van der Waals surface area contributed by atoms with Crippen LogP contribution in [0.4, 0.5) is 13.2 Å². The van der Waals surface area contributed by atoms with E-state index in [9.17, 15) is 13.2 Å². The van der Waals surface area contributed by atoms with Crippen molar-refractivity contribution in [2.24, 2.45) is 0 Å². The number of aryl methyl sites for hydroxylation is 1. The smallest absolute Gasteiger partial charge is 0.179 e. The molecule has 0 atom stereocenters. The average Bonchev–Trinajstić information content (AvgIpc) is 2.07. The van der Waals surface area contributed by atoms with Gasteiger partial charge in [0, 0.05) is 5.02 Å². The third-order valence-electron chi connectivity index (χ3n) is 1.76. The first kappa shape index (κ1) is 11.7. The van der Waals surface area contributed by atoms with E-state index in [-0.39, 0.29) is 17.0 Å². The molecule has 0 aliphatic rings. The quantitative estimate of drug-likeness (QED) is 0.747. The minimum atomic E-state index is -4.34. The fraction of sp³-hybridized carbons (Fsp3) is 0.333. The standard InChI is InChI=1S/C9H8ClF3S/c10-7-2-1-6(3-4-14)8(5-7)9(11,12)13/h1-2,5,14H,3-4H2. The normalized spacial score (nSPS) is 11.8. The Kier molecular flexibility index (Phi) is 3.72. The first-order valence-corrected chi connectivity index (χ1v) is 4.92. The topological polar surface area (TPSA) is 0 Å². The highest BCUT2D eigenvalue weighted by molar-refractivity contribution is 7.80. The van der Waals surface area contributed by atoms with Crippen LogP contribution in [0.3, 0.4) is 0 Å². The Morgan fingerprint density at radius 1 is 1.29 bits per heavy atom. The van der Waals surface area contributed by atoms with Gasteiger partial charge in [-0.1, -0.05) is 17.7 Å². The third kappa shape index (κ3) is 2.82. The summed E-state index contributed by atoms with van der Waals surface area (Å²) < 4.78 is 37.4. The van der Waals surface area contributed by atoms with Gasteiger partial charge >= 0.3 is 6.18 Å². The van der Waals surface area contributed by atoms with Gasteiger partial charge in [0.15, 0.2) is 0 Å². The summed E-state index contributed by atoms with van der Waals surface area (Å²) in [4.78, 5) is 0. The lowest BCUT2D eigenvalue weighted by Gasteiger charge is -2.12. The van der Waals surface area contributed by atoms with E-state index in [1.807, 2.05) is 0 Å². The highest BCUT2D eigenvalue weighted by Gasteiger charge is 2.33. The fourth-order valence-electron chi connectivity index (χ4n) is 1.15. The maximum atomic E-state index is 12.5. The van der Waals surface area contributed by atoms with Crippen molar-refractivity contribution < 1.29 is 13.2 Å². The Hall–Kier alpha value is -0.350. The van der Waals surface area contributed by atoms with Crippen LogP contribution in [0, 0.1) is 0 Å². The molecule has 5 heteroatoms. The van der Waals surface area contributed by atoms with Gasteiger partial charge < -0.3 is 0 Å². The van der Waals surface area contributed by atoms with E-state index in [1.165, 1.54) is 12.1 Å².